The largest absolute Gasteiger partial charge is 0.409 e. The standard InChI is InChI=1S/C8H7F.C5H12N6O4S2/c9-8-4-3-6-1-2-7(6)5-8;6-4(9-12)3-5(11-15-10-3)16-2-1-8-17(7,13)14/h3-5H,1-2H2;8,12-14H,1-2,7H2,(H2,6,9). The minimum Gasteiger partial charge on any atom is -0.409 e. The Balaban J connectivity index is 0.000000223. The maximum Gasteiger partial charge on any atom is 0.195 e. The molecule has 1 aromatic carbocycles. The molecule has 1 aliphatic rings. The Morgan fingerprint density at radius 2 is 2.08 bits per heavy atom. The summed E-state index contributed by atoms with van der Waals surface area (Å²) in [6, 6.07) is 5.02. The van der Waals surface area contributed by atoms with Crippen LogP contribution in [0.25, 0.3) is 0 Å². The van der Waals surface area contributed by atoms with Gasteiger partial charge in [-0.1, -0.05) is 33.9 Å². The zero-order valence-electron chi connectivity index (χ0n) is 13.5. The third kappa shape index (κ3) is 6.12. The molecule has 2 aromatic rings. The fourth-order valence-electron chi connectivity index (χ4n) is 1.98. The molecule has 3 rings (SSSR count). The first-order valence-corrected chi connectivity index (χ1v) is 9.91. The van der Waals surface area contributed by atoms with Crippen LogP contribution in [-0.2, 0) is 12.8 Å². The summed E-state index contributed by atoms with van der Waals surface area (Å²) in [5.74, 6) is 0.0887. The lowest BCUT2D eigenvalue weighted by atomic mass is 9.89. The van der Waals surface area contributed by atoms with Crippen LogP contribution in [-0.4, -0.2) is 42.8 Å². The fraction of sp³-hybridized carbons (Fsp3) is 0.308. The van der Waals surface area contributed by atoms with Crippen LogP contribution in [0.15, 0.2) is 33.0 Å². The van der Waals surface area contributed by atoms with Crippen molar-refractivity contribution >= 4 is 28.6 Å². The van der Waals surface area contributed by atoms with E-state index in [0.717, 1.165) is 12.8 Å². The highest BCUT2D eigenvalue weighted by Crippen LogP contribution is 2.23. The normalized spacial score (nSPS) is 14.1. The number of nitrogens with two attached hydrogens (primary N) is 2. The quantitative estimate of drug-likeness (QED) is 0.102. The molecule has 1 aliphatic carbocycles. The number of nitrogens with zero attached hydrogens (tertiary/aromatic N) is 3. The molecule has 0 bridgehead atoms. The molecule has 0 saturated carbocycles. The Bertz CT molecular complexity index is 767. The number of nitrogens with one attached hydrogen (secondary N) is 1. The van der Waals surface area contributed by atoms with E-state index in [1.54, 1.807) is 6.07 Å². The molecule has 26 heavy (non-hydrogen) atoms. The highest BCUT2D eigenvalue weighted by atomic mass is 32.3. The Morgan fingerprint density at radius 3 is 2.62 bits per heavy atom. The van der Waals surface area contributed by atoms with E-state index in [1.807, 2.05) is 6.07 Å². The van der Waals surface area contributed by atoms with Crippen molar-refractivity contribution in [3.8, 4) is 0 Å². The molecule has 0 atom stereocenters. The smallest absolute Gasteiger partial charge is 0.195 e. The van der Waals surface area contributed by atoms with E-state index in [2.05, 4.69) is 24.8 Å². The van der Waals surface area contributed by atoms with Crippen molar-refractivity contribution in [1.29, 1.82) is 0 Å². The second-order valence-corrected chi connectivity index (χ2v) is 7.71. The summed E-state index contributed by atoms with van der Waals surface area (Å²) in [5, 5.41) is 23.5. The van der Waals surface area contributed by atoms with Crippen LogP contribution < -0.4 is 15.6 Å². The fourth-order valence-corrected chi connectivity index (χ4v) is 3.28. The van der Waals surface area contributed by atoms with Gasteiger partial charge in [-0.3, -0.25) is 9.11 Å². The van der Waals surface area contributed by atoms with Crippen molar-refractivity contribution in [1.82, 2.24) is 15.0 Å². The van der Waals surface area contributed by atoms with Gasteiger partial charge in [-0.05, 0) is 46.4 Å². The molecule has 0 amide bonds. The lowest BCUT2D eigenvalue weighted by Crippen LogP contribution is -2.28. The Morgan fingerprint density at radius 1 is 1.35 bits per heavy atom. The van der Waals surface area contributed by atoms with E-state index < -0.39 is 11.0 Å². The van der Waals surface area contributed by atoms with E-state index in [1.165, 1.54) is 29.0 Å². The first-order valence-electron chi connectivity index (χ1n) is 7.31. The van der Waals surface area contributed by atoms with Crippen LogP contribution >= 0.6 is 22.7 Å². The van der Waals surface area contributed by atoms with Crippen molar-refractivity contribution in [2.24, 2.45) is 16.0 Å². The van der Waals surface area contributed by atoms with Crippen LogP contribution in [0.3, 0.4) is 0 Å². The minimum atomic E-state index is -3.21. The summed E-state index contributed by atoms with van der Waals surface area (Å²) in [6.45, 7) is 0.228. The maximum atomic E-state index is 12.4. The van der Waals surface area contributed by atoms with Gasteiger partial charge in [0.25, 0.3) is 0 Å². The average Bonchev–Trinajstić information content (AvgIpc) is 3.02. The van der Waals surface area contributed by atoms with Crippen molar-refractivity contribution in [3.05, 3.63) is 40.8 Å². The number of halogens is 1. The summed E-state index contributed by atoms with van der Waals surface area (Å²) in [6.07, 6.45) is 2.20. The third-order valence-electron chi connectivity index (χ3n) is 3.30. The average molecular weight is 406 g/mol. The van der Waals surface area contributed by atoms with Gasteiger partial charge in [0.2, 0.25) is 0 Å². The molecular weight excluding hydrogens is 387 g/mol. The van der Waals surface area contributed by atoms with Gasteiger partial charge in [0.15, 0.2) is 16.6 Å². The summed E-state index contributed by atoms with van der Waals surface area (Å²) in [4.78, 5) is 0. The number of fused-ring (bicyclic) bond motifs is 1. The van der Waals surface area contributed by atoms with Gasteiger partial charge in [0.05, 0.1) is 0 Å². The first-order chi connectivity index (χ1) is 12.3. The van der Waals surface area contributed by atoms with Gasteiger partial charge >= 0.3 is 0 Å². The molecule has 0 radical (unpaired) electrons. The van der Waals surface area contributed by atoms with E-state index in [0.29, 0.717) is 10.8 Å². The van der Waals surface area contributed by atoms with Crippen LogP contribution in [0.2, 0.25) is 0 Å². The summed E-state index contributed by atoms with van der Waals surface area (Å²) >= 11 is 1.17. The topological polar surface area (TPSA) is 176 Å². The second-order valence-electron chi connectivity index (χ2n) is 5.15. The lowest BCUT2D eigenvalue weighted by Gasteiger charge is -2.26. The molecule has 0 aliphatic heterocycles. The van der Waals surface area contributed by atoms with Gasteiger partial charge in [-0.25, -0.2) is 18.9 Å². The van der Waals surface area contributed by atoms with Gasteiger partial charge in [0, 0.05) is 12.3 Å². The Kier molecular flexibility index (Phi) is 7.19. The number of hydrogen-bond acceptors (Lipinski definition) is 10. The molecule has 0 saturated heterocycles. The molecule has 1 heterocycles. The van der Waals surface area contributed by atoms with Crippen LogP contribution in [0.5, 0.6) is 0 Å². The van der Waals surface area contributed by atoms with Crippen molar-refractivity contribution in [2.75, 3.05) is 12.3 Å². The first kappa shape index (κ1) is 20.4. The summed E-state index contributed by atoms with van der Waals surface area (Å²) in [7, 11) is -3.21. The number of amidine groups is 1. The van der Waals surface area contributed by atoms with E-state index >= 15 is 0 Å². The van der Waals surface area contributed by atoms with Crippen molar-refractivity contribution in [3.63, 3.8) is 0 Å². The predicted octanol–water partition coefficient (Wildman–Crippen LogP) is 1.31. The molecule has 13 heteroatoms. The van der Waals surface area contributed by atoms with Crippen LogP contribution in [0.1, 0.15) is 16.8 Å². The molecule has 8 N–H and O–H groups in total. The van der Waals surface area contributed by atoms with Crippen LogP contribution in [0, 0.1) is 5.82 Å². The number of oxime groups is 1. The monoisotopic (exact) mass is 406 g/mol. The molecule has 10 nitrogen and oxygen atoms in total. The van der Waals surface area contributed by atoms with Gasteiger partial charge < -0.3 is 10.9 Å². The van der Waals surface area contributed by atoms with E-state index in [9.17, 15) is 4.39 Å². The Labute approximate surface area is 154 Å². The number of aromatic nitrogens is 2. The molecule has 0 spiro atoms. The SMILES string of the molecule is Fc1ccc2c(c1)CC2.N/C(=N\O)c1nonc1SCCNS(N)(O)O. The molecule has 0 fully saturated rings. The molecule has 0 unspecified atom stereocenters. The Hall–Kier alpha value is -1.90. The van der Waals surface area contributed by atoms with Crippen molar-refractivity contribution < 1.29 is 23.3 Å². The van der Waals surface area contributed by atoms with Gasteiger partial charge in [-0.2, -0.15) is 0 Å². The molecular formula is C13H19FN6O4S2. The lowest BCUT2D eigenvalue weighted by molar-refractivity contribution is 0.296. The predicted molar refractivity (Wildman–Crippen MR) is 96.4 cm³/mol. The summed E-state index contributed by atoms with van der Waals surface area (Å²) in [5.41, 5.74) is 7.95. The molecule has 144 valence electrons. The number of thioether (sulfide) groups is 1. The zero-order chi connectivity index (χ0) is 19.2. The number of benzene rings is 1. The number of rotatable bonds is 6. The third-order valence-corrected chi connectivity index (χ3v) is 4.87. The van der Waals surface area contributed by atoms with Crippen LogP contribution in [0.4, 0.5) is 4.39 Å². The number of aryl methyl sites for hydroxylation is 2. The number of hydrogen-bond donors (Lipinski definition) is 6. The maximum absolute atomic E-state index is 12.4. The van der Waals surface area contributed by atoms with E-state index in [4.69, 9.17) is 25.2 Å². The summed E-state index contributed by atoms with van der Waals surface area (Å²) < 4.78 is 36.8. The zero-order valence-corrected chi connectivity index (χ0v) is 15.1. The minimum absolute atomic E-state index is 0.103. The highest BCUT2D eigenvalue weighted by molar-refractivity contribution is 8.20. The van der Waals surface area contributed by atoms with E-state index in [-0.39, 0.29) is 23.9 Å². The van der Waals surface area contributed by atoms with Gasteiger partial charge in [0.1, 0.15) is 5.82 Å². The van der Waals surface area contributed by atoms with Gasteiger partial charge in [-0.15, -0.1) is 0 Å². The van der Waals surface area contributed by atoms with Crippen molar-refractivity contribution in [2.45, 2.75) is 17.9 Å². The second kappa shape index (κ2) is 9.16. The molecule has 1 aromatic heterocycles. The highest BCUT2D eigenvalue weighted by Gasteiger charge is 2.15.